The van der Waals surface area contributed by atoms with Gasteiger partial charge in [0.05, 0.1) is 0 Å². The molecule has 1 atom stereocenters. The molecule has 0 saturated carbocycles. The fourth-order valence-corrected chi connectivity index (χ4v) is 3.26. The number of aryl methyl sites for hydroxylation is 1. The van der Waals surface area contributed by atoms with Crippen LogP contribution in [-0.2, 0) is 6.54 Å². The van der Waals surface area contributed by atoms with Crippen LogP contribution >= 0.6 is 0 Å². The summed E-state index contributed by atoms with van der Waals surface area (Å²) in [4.78, 5) is 2.69. The third-order valence-electron chi connectivity index (χ3n) is 3.98. The molecule has 2 aliphatic rings. The van der Waals surface area contributed by atoms with E-state index in [0.29, 0.717) is 0 Å². The van der Waals surface area contributed by atoms with Crippen molar-refractivity contribution in [1.29, 1.82) is 0 Å². The summed E-state index contributed by atoms with van der Waals surface area (Å²) in [5.74, 6) is 0. The Kier molecular flexibility index (Phi) is 2.28. The molecular weight excluding hydrogens is 182 g/mol. The van der Waals surface area contributed by atoms with E-state index in [1.54, 1.807) is 11.1 Å². The zero-order chi connectivity index (χ0) is 10.3. The van der Waals surface area contributed by atoms with Crippen LogP contribution in [0.15, 0.2) is 18.2 Å². The summed E-state index contributed by atoms with van der Waals surface area (Å²) in [5, 5.41) is 0. The minimum Gasteiger partial charge on any atom is -0.292 e. The van der Waals surface area contributed by atoms with E-state index in [1.807, 2.05) is 0 Å². The predicted molar refractivity (Wildman–Crippen MR) is 62.8 cm³/mol. The maximum absolute atomic E-state index is 2.69. The first-order valence-electron chi connectivity index (χ1n) is 6.19. The van der Waals surface area contributed by atoms with Gasteiger partial charge in [-0.3, -0.25) is 4.90 Å². The average molecular weight is 201 g/mol. The van der Waals surface area contributed by atoms with Crippen molar-refractivity contribution in [3.63, 3.8) is 0 Å². The molecule has 1 aromatic rings. The summed E-state index contributed by atoms with van der Waals surface area (Å²) < 4.78 is 0. The van der Waals surface area contributed by atoms with Gasteiger partial charge in [0.25, 0.3) is 0 Å². The molecule has 0 spiro atoms. The van der Waals surface area contributed by atoms with Gasteiger partial charge in [0, 0.05) is 12.6 Å². The molecule has 15 heavy (non-hydrogen) atoms. The Hall–Kier alpha value is -0.820. The van der Waals surface area contributed by atoms with E-state index in [0.717, 1.165) is 6.04 Å². The van der Waals surface area contributed by atoms with Crippen molar-refractivity contribution < 1.29 is 0 Å². The lowest BCUT2D eigenvalue weighted by atomic mass is 9.96. The monoisotopic (exact) mass is 201 g/mol. The molecule has 80 valence electrons. The van der Waals surface area contributed by atoms with E-state index >= 15 is 0 Å². The Morgan fingerprint density at radius 3 is 3.07 bits per heavy atom. The van der Waals surface area contributed by atoms with Gasteiger partial charge >= 0.3 is 0 Å². The number of hydrogen-bond donors (Lipinski definition) is 0. The second kappa shape index (κ2) is 3.64. The van der Waals surface area contributed by atoms with Crippen LogP contribution in [0, 0.1) is 6.92 Å². The SMILES string of the molecule is Cc1cccc2c1C1CCCCCN1C2. The molecule has 0 aromatic heterocycles. The fourth-order valence-electron chi connectivity index (χ4n) is 3.26. The van der Waals surface area contributed by atoms with Crippen LogP contribution < -0.4 is 0 Å². The van der Waals surface area contributed by atoms with Crippen LogP contribution in [0.2, 0.25) is 0 Å². The quantitative estimate of drug-likeness (QED) is 0.621. The molecule has 0 aliphatic carbocycles. The number of fused-ring (bicyclic) bond motifs is 3. The zero-order valence-electron chi connectivity index (χ0n) is 9.50. The van der Waals surface area contributed by atoms with Gasteiger partial charge in [-0.1, -0.05) is 31.0 Å². The van der Waals surface area contributed by atoms with Crippen LogP contribution in [-0.4, -0.2) is 11.4 Å². The van der Waals surface area contributed by atoms with Gasteiger partial charge < -0.3 is 0 Å². The fraction of sp³-hybridized carbons (Fsp3) is 0.571. The van der Waals surface area contributed by atoms with Crippen molar-refractivity contribution in [2.24, 2.45) is 0 Å². The molecule has 2 heterocycles. The van der Waals surface area contributed by atoms with E-state index in [2.05, 4.69) is 30.0 Å². The molecule has 3 rings (SSSR count). The molecular formula is C14H19N. The van der Waals surface area contributed by atoms with Crippen molar-refractivity contribution in [1.82, 2.24) is 4.90 Å². The van der Waals surface area contributed by atoms with E-state index in [4.69, 9.17) is 0 Å². The highest BCUT2D eigenvalue weighted by Crippen LogP contribution is 2.40. The predicted octanol–water partition coefficient (Wildman–Crippen LogP) is 3.43. The van der Waals surface area contributed by atoms with Gasteiger partial charge in [-0.2, -0.15) is 0 Å². The Bertz CT molecular complexity index is 370. The molecule has 1 nitrogen and oxygen atoms in total. The first kappa shape index (κ1) is 9.41. The van der Waals surface area contributed by atoms with Gasteiger partial charge in [-0.05, 0) is 43.0 Å². The highest BCUT2D eigenvalue weighted by molar-refractivity contribution is 5.40. The lowest BCUT2D eigenvalue weighted by Crippen LogP contribution is -2.21. The van der Waals surface area contributed by atoms with Crippen molar-refractivity contribution in [2.75, 3.05) is 6.54 Å². The van der Waals surface area contributed by atoms with Gasteiger partial charge in [-0.25, -0.2) is 0 Å². The lowest BCUT2D eigenvalue weighted by Gasteiger charge is -2.22. The summed E-state index contributed by atoms with van der Waals surface area (Å²) >= 11 is 0. The van der Waals surface area contributed by atoms with Crippen molar-refractivity contribution in [3.05, 3.63) is 34.9 Å². The van der Waals surface area contributed by atoms with E-state index in [-0.39, 0.29) is 0 Å². The summed E-state index contributed by atoms with van der Waals surface area (Å²) in [7, 11) is 0. The highest BCUT2D eigenvalue weighted by Gasteiger charge is 2.31. The second-order valence-electron chi connectivity index (χ2n) is 4.98. The Labute approximate surface area is 92.1 Å². The van der Waals surface area contributed by atoms with Crippen LogP contribution in [0.25, 0.3) is 0 Å². The van der Waals surface area contributed by atoms with Gasteiger partial charge in [-0.15, -0.1) is 0 Å². The minimum atomic E-state index is 0.740. The number of rotatable bonds is 0. The zero-order valence-corrected chi connectivity index (χ0v) is 9.50. The molecule has 0 radical (unpaired) electrons. The molecule has 0 amide bonds. The van der Waals surface area contributed by atoms with Gasteiger partial charge in [0.2, 0.25) is 0 Å². The molecule has 1 heteroatoms. The first-order valence-corrected chi connectivity index (χ1v) is 6.19. The summed E-state index contributed by atoms with van der Waals surface area (Å²) in [5.41, 5.74) is 4.74. The van der Waals surface area contributed by atoms with Gasteiger partial charge in [0.1, 0.15) is 0 Å². The summed E-state index contributed by atoms with van der Waals surface area (Å²) in [6.45, 7) is 4.77. The molecule has 1 aromatic carbocycles. The Morgan fingerprint density at radius 1 is 1.20 bits per heavy atom. The topological polar surface area (TPSA) is 3.24 Å². The molecule has 0 bridgehead atoms. The summed E-state index contributed by atoms with van der Waals surface area (Å²) in [6.07, 6.45) is 5.60. The first-order chi connectivity index (χ1) is 7.36. The van der Waals surface area contributed by atoms with E-state index in [9.17, 15) is 0 Å². The van der Waals surface area contributed by atoms with Crippen molar-refractivity contribution in [3.8, 4) is 0 Å². The van der Waals surface area contributed by atoms with Crippen LogP contribution in [0.5, 0.6) is 0 Å². The lowest BCUT2D eigenvalue weighted by molar-refractivity contribution is 0.220. The normalized spacial score (nSPS) is 25.8. The van der Waals surface area contributed by atoms with Crippen LogP contribution in [0.4, 0.5) is 0 Å². The van der Waals surface area contributed by atoms with Crippen molar-refractivity contribution >= 4 is 0 Å². The highest BCUT2D eigenvalue weighted by atomic mass is 15.2. The summed E-state index contributed by atoms with van der Waals surface area (Å²) in [6, 6.07) is 7.54. The average Bonchev–Trinajstić information content (AvgIpc) is 2.43. The Balaban J connectivity index is 2.02. The third-order valence-corrected chi connectivity index (χ3v) is 3.98. The number of hydrogen-bond acceptors (Lipinski definition) is 1. The smallest absolute Gasteiger partial charge is 0.0357 e. The van der Waals surface area contributed by atoms with Crippen molar-refractivity contribution in [2.45, 2.75) is 45.2 Å². The Morgan fingerprint density at radius 2 is 2.13 bits per heavy atom. The largest absolute Gasteiger partial charge is 0.292 e. The minimum absolute atomic E-state index is 0.740. The molecule has 1 fully saturated rings. The standard InChI is InChI=1S/C14H19N/c1-11-6-5-7-12-10-15-9-4-2-3-8-13(15)14(11)12/h5-7,13H,2-4,8-10H2,1H3. The molecule has 1 saturated heterocycles. The van der Waals surface area contributed by atoms with Crippen LogP contribution in [0.1, 0.15) is 48.4 Å². The molecule has 0 N–H and O–H groups in total. The third kappa shape index (κ3) is 1.50. The molecule has 2 aliphatic heterocycles. The van der Waals surface area contributed by atoms with Gasteiger partial charge in [0.15, 0.2) is 0 Å². The van der Waals surface area contributed by atoms with Crippen LogP contribution in [0.3, 0.4) is 0 Å². The number of nitrogens with zero attached hydrogens (tertiary/aromatic N) is 1. The second-order valence-corrected chi connectivity index (χ2v) is 4.98. The molecule has 1 unspecified atom stereocenters. The number of benzene rings is 1. The van der Waals surface area contributed by atoms with E-state index < -0.39 is 0 Å². The maximum Gasteiger partial charge on any atom is 0.0357 e. The van der Waals surface area contributed by atoms with E-state index in [1.165, 1.54) is 44.3 Å². The maximum atomic E-state index is 2.69.